The van der Waals surface area contributed by atoms with E-state index < -0.39 is 23.9 Å². The van der Waals surface area contributed by atoms with E-state index in [1.807, 2.05) is 6.07 Å². The molecule has 0 N–H and O–H groups in total. The second kappa shape index (κ2) is 6.41. The molecular weight excluding hydrogens is 298 g/mol. The highest BCUT2D eigenvalue weighted by atomic mass is 32.3. The van der Waals surface area contributed by atoms with Gasteiger partial charge in [0.25, 0.3) is 0 Å². The average molecular weight is 317 g/mol. The van der Waals surface area contributed by atoms with E-state index in [2.05, 4.69) is 0 Å². The van der Waals surface area contributed by atoms with Gasteiger partial charge in [-0.15, -0.1) is 0 Å². The van der Waals surface area contributed by atoms with E-state index in [9.17, 15) is 16.8 Å². The van der Waals surface area contributed by atoms with Gasteiger partial charge in [0.15, 0.2) is 23.9 Å². The van der Waals surface area contributed by atoms with Crippen LogP contribution in [0.3, 0.4) is 0 Å². The molecule has 0 aliphatic carbocycles. The van der Waals surface area contributed by atoms with E-state index in [4.69, 9.17) is 0 Å². The van der Waals surface area contributed by atoms with Gasteiger partial charge in [0.1, 0.15) is 0 Å². The molecule has 0 fully saturated rings. The van der Waals surface area contributed by atoms with Crippen LogP contribution in [0.1, 0.15) is 13.8 Å². The minimum atomic E-state index is -3.80. The minimum Gasteiger partial charge on any atom is -0.349 e. The summed E-state index contributed by atoms with van der Waals surface area (Å²) in [6.07, 6.45) is 1.17. The highest BCUT2D eigenvalue weighted by Crippen LogP contribution is 2.20. The first-order chi connectivity index (χ1) is 9.24. The second-order valence-corrected chi connectivity index (χ2v) is 8.95. The zero-order valence-electron chi connectivity index (χ0n) is 11.8. The van der Waals surface area contributed by atoms with Crippen molar-refractivity contribution in [3.05, 3.63) is 40.8 Å². The maximum Gasteiger partial charge on any atom is 0.190 e. The van der Waals surface area contributed by atoms with Crippen LogP contribution in [0.15, 0.2) is 40.8 Å². The molecule has 5 nitrogen and oxygen atoms in total. The predicted molar refractivity (Wildman–Crippen MR) is 81.8 cm³/mol. The van der Waals surface area contributed by atoms with E-state index >= 15 is 0 Å². The van der Waals surface area contributed by atoms with Crippen LogP contribution in [0.5, 0.6) is 0 Å². The van der Waals surface area contributed by atoms with Gasteiger partial charge in [-0.25, -0.2) is 16.8 Å². The van der Waals surface area contributed by atoms with Crippen LogP contribution in [0.2, 0.25) is 0 Å². The Bertz CT molecular complexity index is 640. The van der Waals surface area contributed by atoms with Crippen LogP contribution in [-0.4, -0.2) is 35.4 Å². The number of benzene rings is 1. The number of anilines is 1. The molecule has 0 aliphatic rings. The quantitative estimate of drug-likeness (QED) is 0.800. The first kappa shape index (κ1) is 16.7. The zero-order chi connectivity index (χ0) is 15.4. The summed E-state index contributed by atoms with van der Waals surface area (Å²) in [6, 6.07) is 8.95. The Hall–Kier alpha value is -1.34. The Morgan fingerprint density at radius 3 is 1.85 bits per heavy atom. The molecule has 0 atom stereocenters. The van der Waals surface area contributed by atoms with Gasteiger partial charge >= 0.3 is 0 Å². The van der Waals surface area contributed by atoms with Crippen LogP contribution in [0.25, 0.3) is 0 Å². The predicted octanol–water partition coefficient (Wildman–Crippen LogP) is 1.79. The Morgan fingerprint density at radius 2 is 1.45 bits per heavy atom. The van der Waals surface area contributed by atoms with Crippen LogP contribution in [0.4, 0.5) is 5.69 Å². The molecule has 0 radical (unpaired) electrons. The molecule has 0 saturated carbocycles. The molecule has 0 heterocycles. The Balaban J connectivity index is 3.36. The number of rotatable bonds is 6. The lowest BCUT2D eigenvalue weighted by Gasteiger charge is -2.16. The van der Waals surface area contributed by atoms with Crippen LogP contribution >= 0.6 is 0 Å². The lowest BCUT2D eigenvalue weighted by molar-refractivity contribution is 0.596. The number of nitrogens with zero attached hydrogens (tertiary/aromatic N) is 1. The van der Waals surface area contributed by atoms with Crippen LogP contribution in [-0.2, 0) is 19.7 Å². The molecular formula is C13H19NO4S2. The lowest BCUT2D eigenvalue weighted by Crippen LogP contribution is -2.21. The minimum absolute atomic E-state index is 0.249. The third-order valence-electron chi connectivity index (χ3n) is 2.84. The molecule has 0 aliphatic heterocycles. The van der Waals surface area contributed by atoms with Crippen LogP contribution in [0, 0.1) is 0 Å². The van der Waals surface area contributed by atoms with Gasteiger partial charge in [-0.3, -0.25) is 0 Å². The molecule has 0 aromatic heterocycles. The fraction of sp³-hybridized carbons (Fsp3) is 0.385. The third-order valence-corrected chi connectivity index (χ3v) is 7.32. The van der Waals surface area contributed by atoms with Gasteiger partial charge in [0, 0.05) is 18.9 Å². The molecule has 7 heteroatoms. The number of para-hydroxylation sites is 1. The summed E-state index contributed by atoms with van der Waals surface area (Å²) in [7, 11) is -5.99. The van der Waals surface area contributed by atoms with Crippen molar-refractivity contribution in [3.8, 4) is 0 Å². The average Bonchev–Trinajstić information content (AvgIpc) is 2.45. The normalized spacial score (nSPS) is 11.9. The second-order valence-electron chi connectivity index (χ2n) is 4.20. The maximum absolute atomic E-state index is 12.0. The Kier molecular flexibility index (Phi) is 5.35. The van der Waals surface area contributed by atoms with E-state index in [0.717, 1.165) is 0 Å². The summed E-state index contributed by atoms with van der Waals surface area (Å²) in [5.41, 5.74) is 0.711. The van der Waals surface area contributed by atoms with Crippen molar-refractivity contribution in [1.82, 2.24) is 0 Å². The summed E-state index contributed by atoms with van der Waals surface area (Å²) >= 11 is 0. The number of hydrogen-bond acceptors (Lipinski definition) is 5. The highest BCUT2D eigenvalue weighted by molar-refractivity contribution is 8.14. The fourth-order valence-electron chi connectivity index (χ4n) is 1.53. The van der Waals surface area contributed by atoms with Gasteiger partial charge in [-0.05, 0) is 12.1 Å². The monoisotopic (exact) mass is 317 g/mol. The van der Waals surface area contributed by atoms with Crippen molar-refractivity contribution >= 4 is 25.4 Å². The van der Waals surface area contributed by atoms with E-state index in [1.165, 1.54) is 24.9 Å². The molecule has 0 spiro atoms. The summed E-state index contributed by atoms with van der Waals surface area (Å²) in [6.45, 7) is 2.85. The maximum atomic E-state index is 12.0. The lowest BCUT2D eigenvalue weighted by atomic mass is 10.3. The van der Waals surface area contributed by atoms with Crippen molar-refractivity contribution < 1.29 is 16.8 Å². The van der Waals surface area contributed by atoms with E-state index in [0.29, 0.717) is 5.69 Å². The SMILES string of the molecule is CCS(=O)(=O)C(=CN(C)c1ccccc1)S(=O)(=O)CC. The molecule has 0 bridgehead atoms. The molecule has 1 rings (SSSR count). The van der Waals surface area contributed by atoms with Crippen molar-refractivity contribution in [2.75, 3.05) is 23.5 Å². The molecule has 0 saturated heterocycles. The summed E-state index contributed by atoms with van der Waals surface area (Å²) in [4.78, 5) is 1.50. The van der Waals surface area contributed by atoms with Crippen LogP contribution < -0.4 is 4.90 Å². The van der Waals surface area contributed by atoms with Crippen molar-refractivity contribution in [2.24, 2.45) is 0 Å². The van der Waals surface area contributed by atoms with Crippen molar-refractivity contribution in [2.45, 2.75) is 13.8 Å². The smallest absolute Gasteiger partial charge is 0.190 e. The Labute approximate surface area is 120 Å². The molecule has 1 aromatic carbocycles. The standard InChI is InChI=1S/C13H19NO4S2/c1-4-19(15,16)13(20(17,18)5-2)11-14(3)12-9-7-6-8-10-12/h6-11H,4-5H2,1-3H3. The molecule has 1 aromatic rings. The summed E-state index contributed by atoms with van der Waals surface area (Å²) < 4.78 is 47.5. The molecule has 112 valence electrons. The molecule has 0 amide bonds. The van der Waals surface area contributed by atoms with Gasteiger partial charge in [0.05, 0.1) is 11.5 Å². The number of sulfone groups is 2. The highest BCUT2D eigenvalue weighted by Gasteiger charge is 2.28. The van der Waals surface area contributed by atoms with Crippen molar-refractivity contribution in [1.29, 1.82) is 0 Å². The summed E-state index contributed by atoms with van der Waals surface area (Å²) in [5, 5.41) is 0. The van der Waals surface area contributed by atoms with Gasteiger partial charge in [-0.1, -0.05) is 32.0 Å². The van der Waals surface area contributed by atoms with E-state index in [-0.39, 0.29) is 11.5 Å². The fourth-order valence-corrected chi connectivity index (χ4v) is 5.00. The first-order valence-electron chi connectivity index (χ1n) is 6.19. The molecule has 0 unspecified atom stereocenters. The van der Waals surface area contributed by atoms with E-state index in [1.54, 1.807) is 31.3 Å². The third kappa shape index (κ3) is 3.83. The number of hydrogen-bond donors (Lipinski definition) is 0. The van der Waals surface area contributed by atoms with Gasteiger partial charge in [0.2, 0.25) is 0 Å². The zero-order valence-corrected chi connectivity index (χ0v) is 13.4. The first-order valence-corrected chi connectivity index (χ1v) is 9.50. The van der Waals surface area contributed by atoms with Gasteiger partial charge in [-0.2, -0.15) is 0 Å². The largest absolute Gasteiger partial charge is 0.349 e. The molecule has 20 heavy (non-hydrogen) atoms. The van der Waals surface area contributed by atoms with Gasteiger partial charge < -0.3 is 4.90 Å². The summed E-state index contributed by atoms with van der Waals surface area (Å²) in [5.74, 6) is -0.499. The topological polar surface area (TPSA) is 71.5 Å². The van der Waals surface area contributed by atoms with Crippen molar-refractivity contribution in [3.63, 3.8) is 0 Å². The Morgan fingerprint density at radius 1 is 1.00 bits per heavy atom.